The van der Waals surface area contributed by atoms with E-state index < -0.39 is 0 Å². The highest BCUT2D eigenvalue weighted by atomic mass is 16.1. The molecule has 1 heteroatoms. The molecule has 0 heterocycles. The van der Waals surface area contributed by atoms with Gasteiger partial charge in [0.05, 0.1) is 0 Å². The summed E-state index contributed by atoms with van der Waals surface area (Å²) in [6.07, 6.45) is 4.45. The monoisotopic (exact) mass is 406 g/mol. The maximum atomic E-state index is 9.17. The second-order valence-electron chi connectivity index (χ2n) is 7.62. The molecule has 0 saturated heterocycles. The molecular formula is C30H30O. The molecule has 31 heavy (non-hydrogen) atoms. The molecule has 0 spiro atoms. The summed E-state index contributed by atoms with van der Waals surface area (Å²) in [5, 5.41) is 0. The lowest BCUT2D eigenvalue weighted by Crippen LogP contribution is -2.03. The molecule has 0 atom stereocenters. The van der Waals surface area contributed by atoms with Crippen LogP contribution in [0.2, 0.25) is 0 Å². The SMILES string of the molecule is CCC=O.c1ccc(Cc2cccc(Cc3ccccc3)c2Cc2ccccc2)cc1. The Morgan fingerprint density at radius 1 is 0.516 bits per heavy atom. The van der Waals surface area contributed by atoms with Crippen molar-refractivity contribution in [3.8, 4) is 0 Å². The molecule has 0 bridgehead atoms. The summed E-state index contributed by atoms with van der Waals surface area (Å²) in [4.78, 5) is 9.17. The summed E-state index contributed by atoms with van der Waals surface area (Å²) < 4.78 is 0. The molecule has 0 unspecified atom stereocenters. The Kier molecular flexibility index (Phi) is 8.82. The van der Waals surface area contributed by atoms with Gasteiger partial charge in [-0.3, -0.25) is 0 Å². The van der Waals surface area contributed by atoms with Crippen LogP contribution in [0.25, 0.3) is 0 Å². The smallest absolute Gasteiger partial charge is 0.119 e. The first kappa shape index (κ1) is 22.2. The van der Waals surface area contributed by atoms with E-state index in [4.69, 9.17) is 0 Å². The van der Waals surface area contributed by atoms with Crippen LogP contribution >= 0.6 is 0 Å². The molecule has 0 aromatic heterocycles. The van der Waals surface area contributed by atoms with E-state index in [9.17, 15) is 4.79 Å². The lowest BCUT2D eigenvalue weighted by Gasteiger charge is -2.16. The fourth-order valence-electron chi connectivity index (χ4n) is 3.68. The summed E-state index contributed by atoms with van der Waals surface area (Å²) in [6, 6.07) is 39.1. The van der Waals surface area contributed by atoms with Crippen LogP contribution in [-0.4, -0.2) is 6.29 Å². The molecule has 1 nitrogen and oxygen atoms in total. The fraction of sp³-hybridized carbons (Fsp3) is 0.167. The van der Waals surface area contributed by atoms with E-state index in [2.05, 4.69) is 109 Å². The number of rotatable bonds is 7. The number of hydrogen-bond donors (Lipinski definition) is 0. The van der Waals surface area contributed by atoms with Crippen molar-refractivity contribution >= 4 is 6.29 Å². The van der Waals surface area contributed by atoms with Crippen molar-refractivity contribution in [2.45, 2.75) is 32.6 Å². The van der Waals surface area contributed by atoms with Crippen molar-refractivity contribution in [3.63, 3.8) is 0 Å². The minimum absolute atomic E-state index is 0.639. The molecule has 156 valence electrons. The van der Waals surface area contributed by atoms with Gasteiger partial charge in [-0.15, -0.1) is 0 Å². The van der Waals surface area contributed by atoms with Gasteiger partial charge in [-0.2, -0.15) is 0 Å². The maximum absolute atomic E-state index is 9.17. The first-order valence-electron chi connectivity index (χ1n) is 10.9. The Hall–Kier alpha value is -3.45. The molecule has 0 fully saturated rings. The quantitative estimate of drug-likeness (QED) is 0.300. The number of aldehydes is 1. The molecule has 0 aliphatic carbocycles. The summed E-state index contributed by atoms with van der Waals surface area (Å²) in [7, 11) is 0. The van der Waals surface area contributed by atoms with Crippen LogP contribution in [0.4, 0.5) is 0 Å². The zero-order valence-electron chi connectivity index (χ0n) is 18.2. The highest BCUT2D eigenvalue weighted by Gasteiger charge is 2.11. The number of benzene rings is 4. The molecule has 0 amide bonds. The van der Waals surface area contributed by atoms with Gasteiger partial charge in [0.15, 0.2) is 0 Å². The predicted molar refractivity (Wildman–Crippen MR) is 131 cm³/mol. The zero-order valence-corrected chi connectivity index (χ0v) is 18.2. The summed E-state index contributed by atoms with van der Waals surface area (Å²) in [6.45, 7) is 1.81. The van der Waals surface area contributed by atoms with E-state index in [-0.39, 0.29) is 0 Å². The van der Waals surface area contributed by atoms with Crippen molar-refractivity contribution in [3.05, 3.63) is 143 Å². The van der Waals surface area contributed by atoms with Gasteiger partial charge in [0.1, 0.15) is 6.29 Å². The zero-order chi connectivity index (χ0) is 21.7. The third kappa shape index (κ3) is 7.08. The van der Waals surface area contributed by atoms with Gasteiger partial charge < -0.3 is 4.79 Å². The van der Waals surface area contributed by atoms with Crippen molar-refractivity contribution in [1.29, 1.82) is 0 Å². The largest absolute Gasteiger partial charge is 0.303 e. The Labute approximate surface area is 186 Å². The van der Waals surface area contributed by atoms with E-state index >= 15 is 0 Å². The van der Waals surface area contributed by atoms with Gasteiger partial charge in [0.2, 0.25) is 0 Å². The topological polar surface area (TPSA) is 17.1 Å². The lowest BCUT2D eigenvalue weighted by molar-refractivity contribution is -0.107. The number of carbonyl (C=O) groups excluding carboxylic acids is 1. The van der Waals surface area contributed by atoms with Crippen molar-refractivity contribution in [1.82, 2.24) is 0 Å². The van der Waals surface area contributed by atoms with Crippen molar-refractivity contribution in [2.24, 2.45) is 0 Å². The predicted octanol–water partition coefficient (Wildman–Crippen LogP) is 7.05. The minimum atomic E-state index is 0.639. The van der Waals surface area contributed by atoms with Gasteiger partial charge in [-0.25, -0.2) is 0 Å². The van der Waals surface area contributed by atoms with Crippen LogP contribution in [0.15, 0.2) is 109 Å². The molecular weight excluding hydrogens is 376 g/mol. The van der Waals surface area contributed by atoms with E-state index in [0.717, 1.165) is 25.5 Å². The standard InChI is InChI=1S/C27H24.C3H6O/c1-4-11-22(12-5-1)19-25-17-10-18-26(20-23-13-6-2-7-14-23)27(25)21-24-15-8-3-9-16-24;1-2-3-4/h1-18H,19-21H2;3H,2H2,1H3. The van der Waals surface area contributed by atoms with E-state index in [1.54, 1.807) is 0 Å². The second kappa shape index (κ2) is 12.3. The number of carbonyl (C=O) groups is 1. The molecule has 4 aromatic carbocycles. The van der Waals surface area contributed by atoms with Crippen molar-refractivity contribution < 1.29 is 4.79 Å². The molecule has 0 N–H and O–H groups in total. The maximum Gasteiger partial charge on any atom is 0.119 e. The first-order chi connectivity index (χ1) is 15.3. The Balaban J connectivity index is 0.000000628. The minimum Gasteiger partial charge on any atom is -0.303 e. The Bertz CT molecular complexity index is 978. The van der Waals surface area contributed by atoms with Gasteiger partial charge in [-0.1, -0.05) is 116 Å². The lowest BCUT2D eigenvalue weighted by atomic mass is 9.89. The molecule has 0 radical (unpaired) electrons. The van der Waals surface area contributed by atoms with Gasteiger partial charge in [0, 0.05) is 6.42 Å². The summed E-state index contributed by atoms with van der Waals surface area (Å²) in [5.41, 5.74) is 8.42. The van der Waals surface area contributed by atoms with Gasteiger partial charge in [-0.05, 0) is 52.6 Å². The second-order valence-corrected chi connectivity index (χ2v) is 7.62. The van der Waals surface area contributed by atoms with Crippen LogP contribution in [0.3, 0.4) is 0 Å². The summed E-state index contributed by atoms with van der Waals surface area (Å²) >= 11 is 0. The van der Waals surface area contributed by atoms with Crippen LogP contribution < -0.4 is 0 Å². The van der Waals surface area contributed by atoms with Crippen LogP contribution in [-0.2, 0) is 24.1 Å². The fourth-order valence-corrected chi connectivity index (χ4v) is 3.68. The Morgan fingerprint density at radius 3 is 1.23 bits per heavy atom. The van der Waals surface area contributed by atoms with Gasteiger partial charge in [0.25, 0.3) is 0 Å². The molecule has 0 aliphatic heterocycles. The first-order valence-corrected chi connectivity index (χ1v) is 10.9. The Morgan fingerprint density at radius 2 is 0.871 bits per heavy atom. The molecule has 0 saturated carbocycles. The van der Waals surface area contributed by atoms with E-state index in [1.165, 1.54) is 33.4 Å². The van der Waals surface area contributed by atoms with Crippen molar-refractivity contribution in [2.75, 3.05) is 0 Å². The highest BCUT2D eigenvalue weighted by molar-refractivity contribution is 5.48. The highest BCUT2D eigenvalue weighted by Crippen LogP contribution is 2.24. The van der Waals surface area contributed by atoms with E-state index in [0.29, 0.717) is 6.42 Å². The average Bonchev–Trinajstić information content (AvgIpc) is 2.83. The van der Waals surface area contributed by atoms with Crippen LogP contribution in [0.1, 0.15) is 46.7 Å². The molecule has 0 aliphatic rings. The average molecular weight is 407 g/mol. The molecule has 4 aromatic rings. The molecule has 4 rings (SSSR count). The summed E-state index contributed by atoms with van der Waals surface area (Å²) in [5.74, 6) is 0. The van der Waals surface area contributed by atoms with Gasteiger partial charge >= 0.3 is 0 Å². The normalized spacial score (nSPS) is 10.1. The van der Waals surface area contributed by atoms with E-state index in [1.807, 2.05) is 6.92 Å². The van der Waals surface area contributed by atoms with Crippen LogP contribution in [0, 0.1) is 0 Å². The third-order valence-corrected chi connectivity index (χ3v) is 5.24. The number of hydrogen-bond acceptors (Lipinski definition) is 1. The van der Waals surface area contributed by atoms with Crippen LogP contribution in [0.5, 0.6) is 0 Å². The third-order valence-electron chi connectivity index (χ3n) is 5.24.